The predicted molar refractivity (Wildman–Crippen MR) is 63.7 cm³/mol. The Hall–Kier alpha value is -1.06. The SMILES string of the molecule is C[C@@]1(Nc2ccc(C=O)cc2)CCN1.Cl. The van der Waals surface area contributed by atoms with Gasteiger partial charge < -0.3 is 5.32 Å². The van der Waals surface area contributed by atoms with E-state index in [1.807, 2.05) is 24.3 Å². The van der Waals surface area contributed by atoms with Gasteiger partial charge in [0.1, 0.15) is 6.29 Å². The Kier molecular flexibility index (Phi) is 3.72. The minimum atomic E-state index is 0. The summed E-state index contributed by atoms with van der Waals surface area (Å²) in [6, 6.07) is 7.48. The van der Waals surface area contributed by atoms with E-state index in [9.17, 15) is 4.79 Å². The van der Waals surface area contributed by atoms with Crippen LogP contribution in [0.4, 0.5) is 5.69 Å². The number of rotatable bonds is 3. The van der Waals surface area contributed by atoms with Crippen LogP contribution >= 0.6 is 12.4 Å². The Morgan fingerprint density at radius 2 is 2.00 bits per heavy atom. The third-order valence-corrected chi connectivity index (χ3v) is 2.61. The van der Waals surface area contributed by atoms with Crippen molar-refractivity contribution in [3.8, 4) is 0 Å². The second-order valence-corrected chi connectivity index (χ2v) is 3.87. The van der Waals surface area contributed by atoms with Gasteiger partial charge in [0.15, 0.2) is 0 Å². The molecule has 0 unspecified atom stereocenters. The highest BCUT2D eigenvalue weighted by molar-refractivity contribution is 5.85. The Labute approximate surface area is 95.7 Å². The number of anilines is 1. The molecule has 0 bridgehead atoms. The molecule has 0 spiro atoms. The van der Waals surface area contributed by atoms with Crippen molar-refractivity contribution in [3.63, 3.8) is 0 Å². The summed E-state index contributed by atoms with van der Waals surface area (Å²) in [6.45, 7) is 3.19. The maximum atomic E-state index is 10.4. The van der Waals surface area contributed by atoms with Crippen molar-refractivity contribution in [2.24, 2.45) is 0 Å². The van der Waals surface area contributed by atoms with E-state index in [1.54, 1.807) is 0 Å². The van der Waals surface area contributed by atoms with Crippen LogP contribution in [-0.2, 0) is 0 Å². The van der Waals surface area contributed by atoms with E-state index in [0.717, 1.165) is 24.9 Å². The largest absolute Gasteiger partial charge is 0.367 e. The van der Waals surface area contributed by atoms with Gasteiger partial charge in [-0.3, -0.25) is 10.1 Å². The molecule has 0 radical (unpaired) electrons. The first-order valence-electron chi connectivity index (χ1n) is 4.80. The van der Waals surface area contributed by atoms with Gasteiger partial charge in [-0.25, -0.2) is 0 Å². The molecule has 0 aromatic heterocycles. The number of carbonyl (C=O) groups excluding carboxylic acids is 1. The summed E-state index contributed by atoms with van der Waals surface area (Å²) in [4.78, 5) is 10.4. The lowest BCUT2D eigenvalue weighted by Gasteiger charge is -2.41. The molecule has 3 nitrogen and oxygen atoms in total. The minimum absolute atomic E-state index is 0. The molecule has 0 saturated carbocycles. The van der Waals surface area contributed by atoms with Gasteiger partial charge in [-0.2, -0.15) is 0 Å². The first-order valence-corrected chi connectivity index (χ1v) is 4.80. The van der Waals surface area contributed by atoms with Crippen molar-refractivity contribution in [1.29, 1.82) is 0 Å². The molecule has 1 aromatic rings. The molecule has 1 fully saturated rings. The molecule has 1 aliphatic heterocycles. The summed E-state index contributed by atoms with van der Waals surface area (Å²) < 4.78 is 0. The number of halogens is 1. The number of benzene rings is 1. The van der Waals surface area contributed by atoms with Gasteiger partial charge in [0, 0.05) is 17.8 Å². The minimum Gasteiger partial charge on any atom is -0.367 e. The molecule has 2 rings (SSSR count). The average Bonchev–Trinajstić information content (AvgIpc) is 2.17. The smallest absolute Gasteiger partial charge is 0.150 e. The van der Waals surface area contributed by atoms with Crippen LogP contribution in [0.5, 0.6) is 0 Å². The number of carbonyl (C=O) groups is 1. The second kappa shape index (κ2) is 4.64. The van der Waals surface area contributed by atoms with Gasteiger partial charge in [0.05, 0.1) is 5.66 Å². The van der Waals surface area contributed by atoms with Crippen LogP contribution in [0, 0.1) is 0 Å². The summed E-state index contributed by atoms with van der Waals surface area (Å²) in [6.07, 6.45) is 1.98. The third-order valence-electron chi connectivity index (χ3n) is 2.61. The number of hydrogen-bond donors (Lipinski definition) is 2. The lowest BCUT2D eigenvalue weighted by atomic mass is 10.0. The zero-order valence-electron chi connectivity index (χ0n) is 8.62. The lowest BCUT2D eigenvalue weighted by Crippen LogP contribution is -2.59. The van der Waals surface area contributed by atoms with Gasteiger partial charge in [-0.15, -0.1) is 12.4 Å². The molecular formula is C11H15ClN2O. The van der Waals surface area contributed by atoms with Crippen LogP contribution in [0.15, 0.2) is 24.3 Å². The van der Waals surface area contributed by atoms with Crippen LogP contribution < -0.4 is 10.6 Å². The summed E-state index contributed by atoms with van der Waals surface area (Å²) in [7, 11) is 0. The Morgan fingerprint density at radius 3 is 2.40 bits per heavy atom. The molecule has 2 N–H and O–H groups in total. The van der Waals surface area contributed by atoms with Crippen LogP contribution in [0.3, 0.4) is 0 Å². The standard InChI is InChI=1S/C11H14N2O.ClH/c1-11(6-7-12-11)13-10-4-2-9(8-14)3-5-10;/h2-5,8,12-13H,6-7H2,1H3;1H/t11-;/m1./s1. The molecule has 1 atom stereocenters. The van der Waals surface area contributed by atoms with Gasteiger partial charge >= 0.3 is 0 Å². The van der Waals surface area contributed by atoms with E-state index >= 15 is 0 Å². The van der Waals surface area contributed by atoms with Crippen molar-refractivity contribution in [2.75, 3.05) is 11.9 Å². The third kappa shape index (κ3) is 2.70. The Morgan fingerprint density at radius 1 is 1.40 bits per heavy atom. The zero-order chi connectivity index (χ0) is 10.0. The Bertz CT molecular complexity index is 333. The fourth-order valence-electron chi connectivity index (χ4n) is 1.57. The fourth-order valence-corrected chi connectivity index (χ4v) is 1.57. The van der Waals surface area contributed by atoms with E-state index in [-0.39, 0.29) is 18.1 Å². The predicted octanol–water partition coefficient (Wildman–Crippen LogP) is 2.04. The number of hydrogen-bond acceptors (Lipinski definition) is 3. The molecule has 0 aliphatic carbocycles. The van der Waals surface area contributed by atoms with Crippen LogP contribution in [-0.4, -0.2) is 18.5 Å². The molecular weight excluding hydrogens is 212 g/mol. The first kappa shape index (κ1) is 12.0. The molecule has 1 aromatic carbocycles. The summed E-state index contributed by atoms with van der Waals surface area (Å²) >= 11 is 0. The van der Waals surface area contributed by atoms with Crippen molar-refractivity contribution in [1.82, 2.24) is 5.32 Å². The van der Waals surface area contributed by atoms with E-state index in [4.69, 9.17) is 0 Å². The average molecular weight is 227 g/mol. The zero-order valence-corrected chi connectivity index (χ0v) is 9.43. The normalized spacial score (nSPS) is 23.5. The quantitative estimate of drug-likeness (QED) is 0.776. The van der Waals surface area contributed by atoms with E-state index in [1.165, 1.54) is 0 Å². The number of nitrogens with one attached hydrogen (secondary N) is 2. The van der Waals surface area contributed by atoms with Crippen molar-refractivity contribution >= 4 is 24.4 Å². The summed E-state index contributed by atoms with van der Waals surface area (Å²) in [5.74, 6) is 0. The number of aldehydes is 1. The van der Waals surface area contributed by atoms with E-state index in [0.29, 0.717) is 5.56 Å². The molecule has 1 aliphatic rings. The highest BCUT2D eigenvalue weighted by Crippen LogP contribution is 2.21. The van der Waals surface area contributed by atoms with Gasteiger partial charge in [-0.1, -0.05) is 0 Å². The van der Waals surface area contributed by atoms with Crippen LogP contribution in [0.1, 0.15) is 23.7 Å². The molecule has 1 heterocycles. The van der Waals surface area contributed by atoms with Crippen LogP contribution in [0.25, 0.3) is 0 Å². The topological polar surface area (TPSA) is 41.1 Å². The molecule has 0 amide bonds. The van der Waals surface area contributed by atoms with E-state index < -0.39 is 0 Å². The maximum absolute atomic E-state index is 10.4. The molecule has 15 heavy (non-hydrogen) atoms. The first-order chi connectivity index (χ1) is 6.72. The van der Waals surface area contributed by atoms with E-state index in [2.05, 4.69) is 17.6 Å². The van der Waals surface area contributed by atoms with Crippen molar-refractivity contribution in [3.05, 3.63) is 29.8 Å². The van der Waals surface area contributed by atoms with Gasteiger partial charge in [0.2, 0.25) is 0 Å². The monoisotopic (exact) mass is 226 g/mol. The van der Waals surface area contributed by atoms with Crippen LogP contribution in [0.2, 0.25) is 0 Å². The highest BCUT2D eigenvalue weighted by atomic mass is 35.5. The second-order valence-electron chi connectivity index (χ2n) is 3.87. The van der Waals surface area contributed by atoms with Gasteiger partial charge in [0.25, 0.3) is 0 Å². The molecule has 4 heteroatoms. The fraction of sp³-hybridized carbons (Fsp3) is 0.364. The molecule has 82 valence electrons. The Balaban J connectivity index is 0.00000112. The summed E-state index contributed by atoms with van der Waals surface area (Å²) in [5.41, 5.74) is 1.79. The lowest BCUT2D eigenvalue weighted by molar-refractivity contribution is 0.112. The summed E-state index contributed by atoms with van der Waals surface area (Å²) in [5, 5.41) is 6.70. The van der Waals surface area contributed by atoms with Crippen molar-refractivity contribution in [2.45, 2.75) is 19.0 Å². The molecule has 1 saturated heterocycles. The van der Waals surface area contributed by atoms with Gasteiger partial charge in [-0.05, 0) is 37.6 Å². The maximum Gasteiger partial charge on any atom is 0.150 e. The highest BCUT2D eigenvalue weighted by Gasteiger charge is 2.30. The van der Waals surface area contributed by atoms with Crippen molar-refractivity contribution < 1.29 is 4.79 Å².